The quantitative estimate of drug-likeness (QED) is 0.937. The van der Waals surface area contributed by atoms with Gasteiger partial charge in [-0.3, -0.25) is 9.59 Å². The number of aryl methyl sites for hydroxylation is 1. The number of amides is 1. The van der Waals surface area contributed by atoms with Gasteiger partial charge in [0.15, 0.2) is 11.5 Å². The fraction of sp³-hybridized carbons (Fsp3) is 0.471. The monoisotopic (exact) mass is 316 g/mol. The molecule has 0 saturated carbocycles. The molecule has 0 spiro atoms. The van der Waals surface area contributed by atoms with E-state index in [9.17, 15) is 9.59 Å². The second kappa shape index (κ2) is 6.40. The number of nitrogens with zero attached hydrogens (tertiary/aromatic N) is 2. The zero-order valence-corrected chi connectivity index (χ0v) is 13.1. The van der Waals surface area contributed by atoms with Crippen LogP contribution in [0.2, 0.25) is 0 Å². The second-order valence-electron chi connectivity index (χ2n) is 6.08. The summed E-state index contributed by atoms with van der Waals surface area (Å²) < 4.78 is 5.62. The molecule has 1 aromatic heterocycles. The Labute approximate surface area is 134 Å². The second-order valence-corrected chi connectivity index (χ2v) is 6.08. The van der Waals surface area contributed by atoms with E-state index in [-0.39, 0.29) is 18.4 Å². The number of carboxylic acids is 1. The number of fused-ring (bicyclic) bond motifs is 1. The van der Waals surface area contributed by atoms with Gasteiger partial charge in [-0.1, -0.05) is 12.1 Å². The fourth-order valence-corrected chi connectivity index (χ4v) is 3.04. The van der Waals surface area contributed by atoms with Crippen LogP contribution in [0.3, 0.4) is 0 Å². The van der Waals surface area contributed by atoms with Crippen LogP contribution in [-0.2, 0) is 16.0 Å². The molecule has 1 aliphatic heterocycles. The van der Waals surface area contributed by atoms with Crippen LogP contribution in [0.4, 0.5) is 0 Å². The number of hydrogen-bond donors (Lipinski definition) is 1. The van der Waals surface area contributed by atoms with Crippen molar-refractivity contribution >= 4 is 23.0 Å². The van der Waals surface area contributed by atoms with Crippen LogP contribution in [0, 0.1) is 5.92 Å². The lowest BCUT2D eigenvalue weighted by molar-refractivity contribution is -0.147. The van der Waals surface area contributed by atoms with Gasteiger partial charge in [-0.2, -0.15) is 0 Å². The van der Waals surface area contributed by atoms with Gasteiger partial charge in [0, 0.05) is 25.4 Å². The van der Waals surface area contributed by atoms with E-state index in [1.165, 1.54) is 0 Å². The predicted octanol–water partition coefficient (Wildman–Crippen LogP) is 2.47. The number of oxazole rings is 1. The van der Waals surface area contributed by atoms with Crippen molar-refractivity contribution in [2.45, 2.75) is 38.6 Å². The van der Waals surface area contributed by atoms with Crippen LogP contribution < -0.4 is 0 Å². The maximum absolute atomic E-state index is 12.4. The Morgan fingerprint density at radius 2 is 2.13 bits per heavy atom. The molecule has 0 aliphatic carbocycles. The molecular weight excluding hydrogens is 296 g/mol. The maximum atomic E-state index is 12.4. The lowest BCUT2D eigenvalue weighted by Crippen LogP contribution is -2.47. The van der Waals surface area contributed by atoms with Crippen molar-refractivity contribution in [3.8, 4) is 0 Å². The normalized spacial score (nSPS) is 21.5. The number of likely N-dealkylation sites (tertiary alicyclic amines) is 1. The number of para-hydroxylation sites is 2. The van der Waals surface area contributed by atoms with Gasteiger partial charge < -0.3 is 14.4 Å². The molecule has 1 aromatic carbocycles. The van der Waals surface area contributed by atoms with Gasteiger partial charge in [0.25, 0.3) is 0 Å². The first-order valence-electron chi connectivity index (χ1n) is 7.91. The molecule has 1 amide bonds. The first kappa shape index (κ1) is 15.5. The van der Waals surface area contributed by atoms with Crippen molar-refractivity contribution < 1.29 is 19.1 Å². The van der Waals surface area contributed by atoms with Gasteiger partial charge in [0.1, 0.15) is 5.52 Å². The minimum absolute atomic E-state index is 0.0364. The summed E-state index contributed by atoms with van der Waals surface area (Å²) in [6.07, 6.45) is 2.06. The molecule has 2 heterocycles. The van der Waals surface area contributed by atoms with Crippen LogP contribution in [0.15, 0.2) is 28.7 Å². The summed E-state index contributed by atoms with van der Waals surface area (Å²) in [7, 11) is 0. The zero-order chi connectivity index (χ0) is 16.4. The van der Waals surface area contributed by atoms with Gasteiger partial charge in [-0.25, -0.2) is 4.98 Å². The van der Waals surface area contributed by atoms with E-state index in [4.69, 9.17) is 9.52 Å². The molecular formula is C17H20N2O4. The van der Waals surface area contributed by atoms with E-state index < -0.39 is 11.9 Å². The van der Waals surface area contributed by atoms with E-state index in [2.05, 4.69) is 4.98 Å². The van der Waals surface area contributed by atoms with Crippen molar-refractivity contribution in [3.05, 3.63) is 30.2 Å². The molecule has 3 rings (SSSR count). The van der Waals surface area contributed by atoms with Gasteiger partial charge in [0.05, 0.1) is 5.92 Å². The van der Waals surface area contributed by atoms with E-state index in [0.717, 1.165) is 11.9 Å². The number of benzene rings is 1. The number of aliphatic carboxylic acids is 1. The molecule has 2 atom stereocenters. The number of aromatic nitrogens is 1. The number of rotatable bonds is 4. The van der Waals surface area contributed by atoms with Crippen molar-refractivity contribution in [2.24, 2.45) is 5.92 Å². The highest BCUT2D eigenvalue weighted by atomic mass is 16.4. The smallest absolute Gasteiger partial charge is 0.308 e. The van der Waals surface area contributed by atoms with E-state index in [0.29, 0.717) is 30.9 Å². The number of hydrogen-bond acceptors (Lipinski definition) is 4. The van der Waals surface area contributed by atoms with Gasteiger partial charge in [-0.05, 0) is 31.9 Å². The molecule has 6 heteroatoms. The lowest BCUT2D eigenvalue weighted by Gasteiger charge is -2.36. The Balaban J connectivity index is 1.62. The molecule has 1 N–H and O–H groups in total. The molecule has 1 saturated heterocycles. The summed E-state index contributed by atoms with van der Waals surface area (Å²) >= 11 is 0. The highest BCUT2D eigenvalue weighted by Gasteiger charge is 2.32. The first-order valence-corrected chi connectivity index (χ1v) is 7.91. The predicted molar refractivity (Wildman–Crippen MR) is 83.9 cm³/mol. The van der Waals surface area contributed by atoms with E-state index in [1.54, 1.807) is 4.90 Å². The van der Waals surface area contributed by atoms with Crippen molar-refractivity contribution in [1.29, 1.82) is 0 Å². The first-order chi connectivity index (χ1) is 11.0. The molecule has 0 bridgehead atoms. The average molecular weight is 316 g/mol. The van der Waals surface area contributed by atoms with E-state index in [1.807, 2.05) is 31.2 Å². The molecule has 122 valence electrons. The lowest BCUT2D eigenvalue weighted by atomic mass is 9.93. The summed E-state index contributed by atoms with van der Waals surface area (Å²) in [6, 6.07) is 7.57. The molecule has 2 unspecified atom stereocenters. The van der Waals surface area contributed by atoms with Gasteiger partial charge >= 0.3 is 5.97 Å². The highest BCUT2D eigenvalue weighted by molar-refractivity contribution is 5.78. The topological polar surface area (TPSA) is 83.6 Å². The Morgan fingerprint density at radius 1 is 1.35 bits per heavy atom. The molecule has 1 aliphatic rings. The Bertz CT molecular complexity index is 691. The molecule has 1 fully saturated rings. The zero-order valence-electron chi connectivity index (χ0n) is 13.1. The number of carboxylic acid groups (broad SMARTS) is 1. The Kier molecular flexibility index (Phi) is 4.32. The standard InChI is InChI=1S/C17H20N2O4/c1-11-6-7-12(17(21)22)10-19(11)16(20)9-8-15-18-13-4-2-3-5-14(13)23-15/h2-5,11-12H,6-10H2,1H3,(H,21,22). The summed E-state index contributed by atoms with van der Waals surface area (Å²) in [6.45, 7) is 2.26. The van der Waals surface area contributed by atoms with Crippen molar-refractivity contribution in [2.75, 3.05) is 6.54 Å². The fourth-order valence-electron chi connectivity index (χ4n) is 3.04. The van der Waals surface area contributed by atoms with Crippen molar-refractivity contribution in [3.63, 3.8) is 0 Å². The van der Waals surface area contributed by atoms with Gasteiger partial charge in [-0.15, -0.1) is 0 Å². The summed E-state index contributed by atoms with van der Waals surface area (Å²) in [5.74, 6) is -0.780. The largest absolute Gasteiger partial charge is 0.481 e. The highest BCUT2D eigenvalue weighted by Crippen LogP contribution is 2.23. The van der Waals surface area contributed by atoms with Crippen LogP contribution in [0.25, 0.3) is 11.1 Å². The summed E-state index contributed by atoms with van der Waals surface area (Å²) in [5, 5.41) is 9.15. The maximum Gasteiger partial charge on any atom is 0.308 e. The Hall–Kier alpha value is -2.37. The number of piperidine rings is 1. The van der Waals surface area contributed by atoms with E-state index >= 15 is 0 Å². The summed E-state index contributed by atoms with van der Waals surface area (Å²) in [4.78, 5) is 29.6. The van der Waals surface area contributed by atoms with Crippen LogP contribution in [0.1, 0.15) is 32.1 Å². The molecule has 2 aromatic rings. The SMILES string of the molecule is CC1CCC(C(=O)O)CN1C(=O)CCc1nc2ccccc2o1. The molecule has 6 nitrogen and oxygen atoms in total. The van der Waals surface area contributed by atoms with Crippen LogP contribution >= 0.6 is 0 Å². The third-order valence-electron chi connectivity index (χ3n) is 4.44. The molecule has 0 radical (unpaired) electrons. The third-order valence-corrected chi connectivity index (χ3v) is 4.44. The number of carbonyl (C=O) groups is 2. The van der Waals surface area contributed by atoms with Crippen molar-refractivity contribution in [1.82, 2.24) is 9.88 Å². The van der Waals surface area contributed by atoms with Gasteiger partial charge in [0.2, 0.25) is 5.91 Å². The molecule has 23 heavy (non-hydrogen) atoms. The number of carbonyl (C=O) groups excluding carboxylic acids is 1. The average Bonchev–Trinajstić information content (AvgIpc) is 2.95. The summed E-state index contributed by atoms with van der Waals surface area (Å²) in [5.41, 5.74) is 1.50. The minimum Gasteiger partial charge on any atom is -0.481 e. The Morgan fingerprint density at radius 3 is 2.87 bits per heavy atom. The minimum atomic E-state index is -0.825. The van der Waals surface area contributed by atoms with Crippen LogP contribution in [-0.4, -0.2) is 39.5 Å². The van der Waals surface area contributed by atoms with Crippen LogP contribution in [0.5, 0.6) is 0 Å². The third kappa shape index (κ3) is 3.36.